The number of nitrogens with zero attached hydrogens (tertiary/aromatic N) is 1. The van der Waals surface area contributed by atoms with Crippen molar-refractivity contribution in [2.45, 2.75) is 44.1 Å². The third-order valence-electron chi connectivity index (χ3n) is 7.12. The first-order valence-electron chi connectivity index (χ1n) is 13.2. The Balaban J connectivity index is 1.56. The number of H-pyrrole nitrogens is 1. The minimum absolute atomic E-state index is 0.00414. The second-order valence-electron chi connectivity index (χ2n) is 10.1. The maximum absolute atomic E-state index is 13.4. The molecule has 222 valence electrons. The number of carbonyl (C=O) groups excluding carboxylic acids is 2. The molecular formula is C31H29F6N3O2. The van der Waals surface area contributed by atoms with Gasteiger partial charge in [-0.25, -0.2) is 0 Å². The number of hydrogen-bond donors (Lipinski definition) is 2. The van der Waals surface area contributed by atoms with Crippen molar-refractivity contribution in [1.82, 2.24) is 15.2 Å². The molecule has 0 aliphatic heterocycles. The van der Waals surface area contributed by atoms with Crippen LogP contribution >= 0.6 is 0 Å². The molecule has 3 aromatic carbocycles. The van der Waals surface area contributed by atoms with Gasteiger partial charge in [-0.05, 0) is 54.7 Å². The van der Waals surface area contributed by atoms with Crippen molar-refractivity contribution >= 4 is 22.7 Å². The van der Waals surface area contributed by atoms with Crippen molar-refractivity contribution in [2.75, 3.05) is 13.6 Å². The maximum Gasteiger partial charge on any atom is 0.416 e. The van der Waals surface area contributed by atoms with E-state index in [1.165, 1.54) is 7.05 Å². The van der Waals surface area contributed by atoms with E-state index in [0.717, 1.165) is 26.9 Å². The summed E-state index contributed by atoms with van der Waals surface area (Å²) in [7, 11) is 1.32. The van der Waals surface area contributed by atoms with E-state index in [4.69, 9.17) is 0 Å². The SMILES string of the molecule is CN(C(=O)c1cc(C(F)(F)F)cc(C(F)(F)F)c1)C(CCC(=O)NCCc1ccccc1)Cc1c[nH]c2ccccc12. The van der Waals surface area contributed by atoms with Crippen LogP contribution in [0.4, 0.5) is 26.3 Å². The molecule has 42 heavy (non-hydrogen) atoms. The molecule has 1 aromatic heterocycles. The van der Waals surface area contributed by atoms with Gasteiger partial charge in [-0.1, -0.05) is 48.5 Å². The largest absolute Gasteiger partial charge is 0.416 e. The molecule has 0 aliphatic rings. The predicted octanol–water partition coefficient (Wildman–Crippen LogP) is 7.03. The van der Waals surface area contributed by atoms with Gasteiger partial charge in [0.1, 0.15) is 0 Å². The monoisotopic (exact) mass is 589 g/mol. The number of benzene rings is 3. The van der Waals surface area contributed by atoms with Gasteiger partial charge in [-0.3, -0.25) is 9.59 Å². The number of alkyl halides is 6. The van der Waals surface area contributed by atoms with Crippen molar-refractivity contribution in [3.63, 3.8) is 0 Å². The number of halogens is 6. The minimum atomic E-state index is -5.09. The summed E-state index contributed by atoms with van der Waals surface area (Å²) in [5.74, 6) is -1.30. The molecule has 2 N–H and O–H groups in total. The summed E-state index contributed by atoms with van der Waals surface area (Å²) in [6.07, 6.45) is -7.48. The van der Waals surface area contributed by atoms with E-state index >= 15 is 0 Å². The molecule has 11 heteroatoms. The number of hydrogen-bond acceptors (Lipinski definition) is 2. The zero-order chi connectivity index (χ0) is 30.5. The molecular weight excluding hydrogens is 560 g/mol. The lowest BCUT2D eigenvalue weighted by molar-refractivity contribution is -0.143. The number of rotatable bonds is 10. The van der Waals surface area contributed by atoms with E-state index < -0.39 is 41.0 Å². The van der Waals surface area contributed by atoms with Crippen molar-refractivity contribution in [2.24, 2.45) is 0 Å². The lowest BCUT2D eigenvalue weighted by Crippen LogP contribution is -2.40. The molecule has 0 aliphatic carbocycles. The molecule has 5 nitrogen and oxygen atoms in total. The third-order valence-corrected chi connectivity index (χ3v) is 7.12. The van der Waals surface area contributed by atoms with Crippen LogP contribution in [0.3, 0.4) is 0 Å². The molecule has 1 unspecified atom stereocenters. The number of amides is 2. The summed E-state index contributed by atoms with van der Waals surface area (Å²) < 4.78 is 80.6. The molecule has 4 rings (SSSR count). The Bertz CT molecular complexity index is 1500. The topological polar surface area (TPSA) is 65.2 Å². The van der Waals surface area contributed by atoms with Crippen molar-refractivity contribution in [3.05, 3.63) is 107 Å². The van der Waals surface area contributed by atoms with Crippen LogP contribution in [-0.4, -0.2) is 41.3 Å². The highest BCUT2D eigenvalue weighted by Gasteiger charge is 2.38. The molecule has 0 spiro atoms. The summed E-state index contributed by atoms with van der Waals surface area (Å²) in [6.45, 7) is 0.384. The van der Waals surface area contributed by atoms with Gasteiger partial charge < -0.3 is 15.2 Å². The fourth-order valence-electron chi connectivity index (χ4n) is 4.81. The van der Waals surface area contributed by atoms with Crippen LogP contribution < -0.4 is 5.32 Å². The van der Waals surface area contributed by atoms with Gasteiger partial charge in [-0.2, -0.15) is 26.3 Å². The second kappa shape index (κ2) is 12.7. The number of para-hydroxylation sites is 1. The van der Waals surface area contributed by atoms with Crippen LogP contribution in [0.1, 0.15) is 45.5 Å². The lowest BCUT2D eigenvalue weighted by Gasteiger charge is -2.29. The molecule has 1 heterocycles. The summed E-state index contributed by atoms with van der Waals surface area (Å²) in [4.78, 5) is 30.3. The van der Waals surface area contributed by atoms with Gasteiger partial charge in [-0.15, -0.1) is 0 Å². The maximum atomic E-state index is 13.4. The first kappa shape index (κ1) is 30.7. The fraction of sp³-hybridized carbons (Fsp3) is 0.290. The van der Waals surface area contributed by atoms with E-state index in [9.17, 15) is 35.9 Å². The van der Waals surface area contributed by atoms with E-state index in [2.05, 4.69) is 10.3 Å². The van der Waals surface area contributed by atoms with E-state index in [1.807, 2.05) is 54.6 Å². The number of aromatic amines is 1. The zero-order valence-electron chi connectivity index (χ0n) is 22.6. The Hall–Kier alpha value is -4.28. The van der Waals surface area contributed by atoms with Crippen LogP contribution in [-0.2, 0) is 30.0 Å². The summed E-state index contributed by atoms with van der Waals surface area (Å²) in [5.41, 5.74) is -1.22. The van der Waals surface area contributed by atoms with Gasteiger partial charge in [0.2, 0.25) is 5.91 Å². The van der Waals surface area contributed by atoms with Gasteiger partial charge >= 0.3 is 12.4 Å². The number of nitrogens with one attached hydrogen (secondary N) is 2. The molecule has 1 atom stereocenters. The molecule has 0 bridgehead atoms. The van der Waals surface area contributed by atoms with Gasteiger partial charge in [0.15, 0.2) is 0 Å². The van der Waals surface area contributed by atoms with E-state index in [1.54, 1.807) is 6.20 Å². The number of carbonyl (C=O) groups is 2. The average Bonchev–Trinajstić information content (AvgIpc) is 3.36. The predicted molar refractivity (Wildman–Crippen MR) is 147 cm³/mol. The molecule has 4 aromatic rings. The summed E-state index contributed by atoms with van der Waals surface area (Å²) in [5, 5.41) is 3.68. The first-order chi connectivity index (χ1) is 19.8. The first-order valence-corrected chi connectivity index (χ1v) is 13.2. The van der Waals surface area contributed by atoms with Gasteiger partial charge in [0.05, 0.1) is 11.1 Å². The number of likely N-dealkylation sites (N-methyl/N-ethyl adjacent to an activating group) is 1. The van der Waals surface area contributed by atoms with Crippen molar-refractivity contribution in [3.8, 4) is 0 Å². The summed E-state index contributed by atoms with van der Waals surface area (Å²) in [6, 6.07) is 17.0. The number of aromatic nitrogens is 1. The van der Waals surface area contributed by atoms with E-state index in [0.29, 0.717) is 25.1 Å². The smallest absolute Gasteiger partial charge is 0.361 e. The summed E-state index contributed by atoms with van der Waals surface area (Å²) >= 11 is 0. The Kier molecular flexibility index (Phi) is 9.28. The van der Waals surface area contributed by atoms with Gasteiger partial charge in [0.25, 0.3) is 5.91 Å². The van der Waals surface area contributed by atoms with Crippen LogP contribution in [0.5, 0.6) is 0 Å². The Labute approximate surface area is 238 Å². The molecule has 0 saturated heterocycles. The second-order valence-corrected chi connectivity index (χ2v) is 10.1. The Morgan fingerprint density at radius 3 is 2.14 bits per heavy atom. The Morgan fingerprint density at radius 2 is 1.50 bits per heavy atom. The minimum Gasteiger partial charge on any atom is -0.361 e. The van der Waals surface area contributed by atoms with Crippen molar-refractivity contribution in [1.29, 1.82) is 0 Å². The van der Waals surface area contributed by atoms with Crippen molar-refractivity contribution < 1.29 is 35.9 Å². The fourth-order valence-corrected chi connectivity index (χ4v) is 4.81. The molecule has 0 saturated carbocycles. The van der Waals surface area contributed by atoms with Crippen LogP contribution in [0, 0.1) is 0 Å². The Morgan fingerprint density at radius 1 is 0.881 bits per heavy atom. The van der Waals surface area contributed by atoms with Crippen LogP contribution in [0.25, 0.3) is 10.9 Å². The molecule has 0 fully saturated rings. The highest BCUT2D eigenvalue weighted by Crippen LogP contribution is 2.36. The standard InChI is InChI=1S/C31H29F6N3O2/c1-40(29(42)21-15-23(30(32,33)34)18-24(16-21)31(35,36)37)25(17-22-19-39-27-10-6-5-9-26(22)27)11-12-28(41)38-14-13-20-7-3-2-4-8-20/h2-10,15-16,18-19,25,39H,11-14,17H2,1H3,(H,38,41). The quantitative estimate of drug-likeness (QED) is 0.195. The highest BCUT2D eigenvalue weighted by molar-refractivity contribution is 5.95. The van der Waals surface area contributed by atoms with Gasteiger partial charge in [0, 0.05) is 48.7 Å². The molecule has 2 amide bonds. The highest BCUT2D eigenvalue weighted by atomic mass is 19.4. The zero-order valence-corrected chi connectivity index (χ0v) is 22.6. The lowest BCUT2D eigenvalue weighted by atomic mass is 9.98. The normalized spacial score (nSPS) is 12.7. The number of fused-ring (bicyclic) bond motifs is 1. The van der Waals surface area contributed by atoms with E-state index in [-0.39, 0.29) is 31.2 Å². The average molecular weight is 590 g/mol. The van der Waals surface area contributed by atoms with Crippen LogP contribution in [0.2, 0.25) is 0 Å². The third kappa shape index (κ3) is 7.71. The van der Waals surface area contributed by atoms with Crippen LogP contribution in [0.15, 0.2) is 79.0 Å². The molecule has 0 radical (unpaired) electrons.